The Morgan fingerprint density at radius 1 is 1.11 bits per heavy atom. The number of anilines is 2. The van der Waals surface area contributed by atoms with Crippen LogP contribution in [0.5, 0.6) is 0 Å². The van der Waals surface area contributed by atoms with Crippen LogP contribution < -0.4 is 9.80 Å². The molecule has 0 spiro atoms. The molecular formula is C25H33N5O4S2. The fourth-order valence-electron chi connectivity index (χ4n) is 5.20. The average molecular weight is 532 g/mol. The SMILES string of the molecule is Cc1nn(C2CCCCC2)c2sc(C(=O)N(CS(=O)(=O)O)c3ccc(N4CCN(C)CC4)cc3)cc12. The maximum atomic E-state index is 13.6. The third kappa shape index (κ3) is 5.29. The number of amides is 1. The summed E-state index contributed by atoms with van der Waals surface area (Å²) in [6, 6.07) is 9.44. The van der Waals surface area contributed by atoms with E-state index >= 15 is 0 Å². The summed E-state index contributed by atoms with van der Waals surface area (Å²) in [5.74, 6) is -1.25. The highest BCUT2D eigenvalue weighted by Gasteiger charge is 2.28. The number of piperazine rings is 1. The summed E-state index contributed by atoms with van der Waals surface area (Å²) in [7, 11) is -2.34. The molecule has 1 aromatic carbocycles. The average Bonchev–Trinajstić information content (AvgIpc) is 3.43. The smallest absolute Gasteiger partial charge is 0.283 e. The Morgan fingerprint density at radius 3 is 2.42 bits per heavy atom. The lowest BCUT2D eigenvalue weighted by molar-refractivity contribution is 0.0994. The molecule has 1 saturated carbocycles. The van der Waals surface area contributed by atoms with Crippen molar-refractivity contribution in [3.63, 3.8) is 0 Å². The first kappa shape index (κ1) is 25.2. The van der Waals surface area contributed by atoms with Crippen LogP contribution in [0.3, 0.4) is 0 Å². The lowest BCUT2D eigenvalue weighted by Gasteiger charge is -2.34. The van der Waals surface area contributed by atoms with E-state index in [0.29, 0.717) is 16.6 Å². The van der Waals surface area contributed by atoms with Gasteiger partial charge in [0.1, 0.15) is 4.83 Å². The monoisotopic (exact) mass is 531 g/mol. The summed E-state index contributed by atoms with van der Waals surface area (Å²) in [5.41, 5.74) is 2.32. The van der Waals surface area contributed by atoms with Crippen molar-refractivity contribution in [2.24, 2.45) is 0 Å². The summed E-state index contributed by atoms with van der Waals surface area (Å²) < 4.78 is 35.4. The van der Waals surface area contributed by atoms with Crippen molar-refractivity contribution < 1.29 is 17.8 Å². The molecule has 1 aliphatic heterocycles. The number of benzene rings is 1. The Kier molecular flexibility index (Phi) is 7.08. The number of aryl methyl sites for hydroxylation is 1. The van der Waals surface area contributed by atoms with Gasteiger partial charge in [-0.2, -0.15) is 13.5 Å². The van der Waals surface area contributed by atoms with E-state index in [9.17, 15) is 17.8 Å². The second-order valence-electron chi connectivity index (χ2n) is 9.90. The Balaban J connectivity index is 1.44. The van der Waals surface area contributed by atoms with Gasteiger partial charge in [0, 0.05) is 42.9 Å². The van der Waals surface area contributed by atoms with Crippen LogP contribution in [0.1, 0.15) is 53.5 Å². The highest BCUT2D eigenvalue weighted by atomic mass is 32.2. The van der Waals surface area contributed by atoms with Gasteiger partial charge in [0.15, 0.2) is 5.88 Å². The van der Waals surface area contributed by atoms with E-state index in [1.54, 1.807) is 18.2 Å². The van der Waals surface area contributed by atoms with Crippen molar-refractivity contribution in [1.82, 2.24) is 14.7 Å². The number of thiophene rings is 1. The first-order chi connectivity index (χ1) is 17.2. The van der Waals surface area contributed by atoms with Crippen LogP contribution in [0.25, 0.3) is 10.2 Å². The van der Waals surface area contributed by atoms with Crippen LogP contribution >= 0.6 is 11.3 Å². The number of hydrogen-bond acceptors (Lipinski definition) is 7. The lowest BCUT2D eigenvalue weighted by Crippen LogP contribution is -2.44. The third-order valence-corrected chi connectivity index (χ3v) is 8.96. The van der Waals surface area contributed by atoms with E-state index < -0.39 is 21.9 Å². The maximum absolute atomic E-state index is 13.6. The zero-order valence-corrected chi connectivity index (χ0v) is 22.4. The standard InChI is InChI=1S/C25H33N5O4S2/c1-18-22-16-23(35-25(22)30(26-18)21-6-4-3-5-7-21)24(31)29(17-36(32,33)34)20-10-8-19(9-11-20)28-14-12-27(2)13-15-28/h8-11,16,21H,3-7,12-15,17H2,1-2H3,(H,32,33,34). The maximum Gasteiger partial charge on any atom is 0.283 e. The first-order valence-electron chi connectivity index (χ1n) is 12.5. The van der Waals surface area contributed by atoms with Gasteiger partial charge in [0.25, 0.3) is 16.0 Å². The number of hydrogen-bond donors (Lipinski definition) is 1. The molecule has 3 aromatic rings. The number of rotatable bonds is 6. The van der Waals surface area contributed by atoms with Gasteiger partial charge < -0.3 is 9.80 Å². The van der Waals surface area contributed by atoms with E-state index in [-0.39, 0.29) is 0 Å². The molecule has 1 N–H and O–H groups in total. The van der Waals surface area contributed by atoms with Crippen molar-refractivity contribution in [2.45, 2.75) is 45.1 Å². The van der Waals surface area contributed by atoms with E-state index in [2.05, 4.69) is 21.5 Å². The first-order valence-corrected chi connectivity index (χ1v) is 14.9. The minimum absolute atomic E-state index is 0.326. The summed E-state index contributed by atoms with van der Waals surface area (Å²) in [4.78, 5) is 20.7. The molecule has 2 aliphatic rings. The number of nitrogens with zero attached hydrogens (tertiary/aromatic N) is 5. The third-order valence-electron chi connectivity index (χ3n) is 7.27. The van der Waals surface area contributed by atoms with Gasteiger partial charge in [-0.1, -0.05) is 19.3 Å². The second-order valence-corrected chi connectivity index (χ2v) is 12.4. The van der Waals surface area contributed by atoms with Gasteiger partial charge >= 0.3 is 0 Å². The van der Waals surface area contributed by atoms with Gasteiger partial charge in [-0.15, -0.1) is 11.3 Å². The fraction of sp³-hybridized carbons (Fsp3) is 0.520. The summed E-state index contributed by atoms with van der Waals surface area (Å²) >= 11 is 1.34. The molecule has 2 fully saturated rings. The largest absolute Gasteiger partial charge is 0.369 e. The van der Waals surface area contributed by atoms with E-state index in [0.717, 1.165) is 65.5 Å². The molecule has 1 saturated heterocycles. The van der Waals surface area contributed by atoms with Gasteiger partial charge in [-0.25, -0.2) is 0 Å². The van der Waals surface area contributed by atoms with E-state index in [1.165, 1.54) is 30.6 Å². The molecule has 3 heterocycles. The zero-order chi connectivity index (χ0) is 25.4. The van der Waals surface area contributed by atoms with Crippen LogP contribution in [0.15, 0.2) is 30.3 Å². The molecule has 11 heteroatoms. The number of carbonyl (C=O) groups is 1. The topological polar surface area (TPSA) is 99.0 Å². The Morgan fingerprint density at radius 2 is 1.78 bits per heavy atom. The number of aromatic nitrogens is 2. The highest BCUT2D eigenvalue weighted by Crippen LogP contribution is 2.36. The minimum Gasteiger partial charge on any atom is -0.369 e. The molecule has 9 nitrogen and oxygen atoms in total. The Labute approximate surface area is 216 Å². The molecule has 0 radical (unpaired) electrons. The quantitative estimate of drug-likeness (QED) is 0.477. The van der Waals surface area contributed by atoms with Crippen LogP contribution in [0, 0.1) is 6.92 Å². The molecule has 0 unspecified atom stereocenters. The zero-order valence-electron chi connectivity index (χ0n) is 20.8. The molecule has 2 aromatic heterocycles. The van der Waals surface area contributed by atoms with Gasteiger partial charge in [0.2, 0.25) is 0 Å². The van der Waals surface area contributed by atoms with Crippen molar-refractivity contribution in [2.75, 3.05) is 48.9 Å². The van der Waals surface area contributed by atoms with E-state index in [1.807, 2.05) is 19.1 Å². The van der Waals surface area contributed by atoms with Crippen LogP contribution in [-0.4, -0.2) is 72.7 Å². The van der Waals surface area contributed by atoms with Gasteiger partial charge in [0.05, 0.1) is 16.6 Å². The molecular weight excluding hydrogens is 498 g/mol. The van der Waals surface area contributed by atoms with Crippen LogP contribution in [0.2, 0.25) is 0 Å². The van der Waals surface area contributed by atoms with Gasteiger partial charge in [-0.05, 0) is 57.1 Å². The summed E-state index contributed by atoms with van der Waals surface area (Å²) in [5, 5.41) is 5.68. The predicted octanol–water partition coefficient (Wildman–Crippen LogP) is 4.16. The normalized spacial score (nSPS) is 18.1. The van der Waals surface area contributed by atoms with E-state index in [4.69, 9.17) is 5.10 Å². The number of carbonyl (C=O) groups excluding carboxylic acids is 1. The molecule has 0 atom stereocenters. The fourth-order valence-corrected chi connectivity index (χ4v) is 6.98. The molecule has 36 heavy (non-hydrogen) atoms. The van der Waals surface area contributed by atoms with Crippen LogP contribution in [-0.2, 0) is 10.1 Å². The number of fused-ring (bicyclic) bond motifs is 1. The van der Waals surface area contributed by atoms with Crippen LogP contribution in [0.4, 0.5) is 11.4 Å². The van der Waals surface area contributed by atoms with Crippen molar-refractivity contribution in [3.05, 3.63) is 40.9 Å². The van der Waals surface area contributed by atoms with Gasteiger partial charge in [-0.3, -0.25) is 18.9 Å². The Hall–Kier alpha value is -2.47. The number of likely N-dealkylation sites (N-methyl/N-ethyl adjacent to an activating group) is 1. The molecule has 5 rings (SSSR count). The minimum atomic E-state index is -4.44. The molecule has 194 valence electrons. The van der Waals surface area contributed by atoms with Crippen molar-refractivity contribution in [3.8, 4) is 0 Å². The van der Waals surface area contributed by atoms with Crippen molar-refractivity contribution >= 4 is 49.0 Å². The summed E-state index contributed by atoms with van der Waals surface area (Å²) in [6.07, 6.45) is 5.74. The molecule has 1 amide bonds. The Bertz CT molecular complexity index is 1330. The summed E-state index contributed by atoms with van der Waals surface area (Å²) in [6.45, 7) is 5.69. The molecule has 1 aliphatic carbocycles. The lowest BCUT2D eigenvalue weighted by atomic mass is 9.96. The second kappa shape index (κ2) is 10.1. The van der Waals surface area contributed by atoms with Crippen molar-refractivity contribution in [1.29, 1.82) is 0 Å². The molecule has 0 bridgehead atoms. The predicted molar refractivity (Wildman–Crippen MR) is 144 cm³/mol. The highest BCUT2D eigenvalue weighted by molar-refractivity contribution is 7.85.